The summed E-state index contributed by atoms with van der Waals surface area (Å²) >= 11 is 0. The van der Waals surface area contributed by atoms with Crippen LogP contribution < -0.4 is 0 Å². The Morgan fingerprint density at radius 2 is 2.27 bits per heavy atom. The van der Waals surface area contributed by atoms with E-state index in [-0.39, 0.29) is 24.5 Å². The smallest absolute Gasteiger partial charge is 0.183 e. The van der Waals surface area contributed by atoms with Crippen LogP contribution in [0, 0.1) is 11.8 Å². The molecular weight excluding hydrogens is 148 g/mol. The molecule has 2 aliphatic rings. The second kappa shape index (κ2) is 2.42. The van der Waals surface area contributed by atoms with Gasteiger partial charge >= 0.3 is 0 Å². The van der Waals surface area contributed by atoms with Crippen LogP contribution in [0.3, 0.4) is 0 Å². The van der Waals surface area contributed by atoms with Crippen molar-refractivity contribution < 1.29 is 19.7 Å². The van der Waals surface area contributed by atoms with Crippen LogP contribution in [0.5, 0.6) is 0 Å². The molecule has 4 heteroatoms. The van der Waals surface area contributed by atoms with Gasteiger partial charge in [0.25, 0.3) is 0 Å². The van der Waals surface area contributed by atoms with E-state index in [1.54, 1.807) is 0 Å². The summed E-state index contributed by atoms with van der Waals surface area (Å²) in [6.07, 6.45) is -1.00. The fourth-order valence-electron chi connectivity index (χ4n) is 1.84. The van der Waals surface area contributed by atoms with Crippen molar-refractivity contribution in [2.24, 2.45) is 11.8 Å². The molecular formula is C7H12O4. The number of aliphatic hydroxyl groups is 2. The first-order valence-corrected chi connectivity index (χ1v) is 3.76. The molecule has 1 aliphatic carbocycles. The number of aliphatic hydroxyl groups excluding tert-OH is 2. The lowest BCUT2D eigenvalue weighted by atomic mass is 10.2. The Bertz CT molecular complexity index is 161. The van der Waals surface area contributed by atoms with Crippen LogP contribution in [0.1, 0.15) is 0 Å². The largest absolute Gasteiger partial charge is 0.396 e. The molecule has 0 bridgehead atoms. The maximum absolute atomic E-state index is 9.44. The summed E-state index contributed by atoms with van der Waals surface area (Å²) in [7, 11) is 1.51. The zero-order valence-electron chi connectivity index (χ0n) is 6.30. The minimum absolute atomic E-state index is 0.0277. The maximum Gasteiger partial charge on any atom is 0.183 e. The Balaban J connectivity index is 1.95. The zero-order chi connectivity index (χ0) is 8.01. The van der Waals surface area contributed by atoms with Crippen LogP contribution in [0.4, 0.5) is 0 Å². The zero-order valence-corrected chi connectivity index (χ0v) is 6.30. The molecule has 2 fully saturated rings. The van der Waals surface area contributed by atoms with Crippen molar-refractivity contribution in [3.63, 3.8) is 0 Å². The molecule has 64 valence electrons. The molecule has 5 atom stereocenters. The van der Waals surface area contributed by atoms with E-state index in [1.165, 1.54) is 7.11 Å². The molecule has 1 saturated carbocycles. The fraction of sp³-hybridized carbons (Fsp3) is 1.00. The molecule has 2 N–H and O–H groups in total. The highest BCUT2D eigenvalue weighted by molar-refractivity contribution is 5.07. The average Bonchev–Trinajstić information content (AvgIpc) is 2.63. The lowest BCUT2D eigenvalue weighted by Gasteiger charge is -2.16. The van der Waals surface area contributed by atoms with Crippen LogP contribution in [-0.4, -0.2) is 42.4 Å². The second-order valence-corrected chi connectivity index (χ2v) is 3.12. The molecule has 2 rings (SSSR count). The van der Waals surface area contributed by atoms with Gasteiger partial charge in [-0.25, -0.2) is 0 Å². The number of methoxy groups -OCH3 is 1. The summed E-state index contributed by atoms with van der Waals surface area (Å²) < 4.78 is 10.1. The van der Waals surface area contributed by atoms with Crippen molar-refractivity contribution in [3.05, 3.63) is 0 Å². The van der Waals surface area contributed by atoms with Crippen molar-refractivity contribution in [2.45, 2.75) is 18.5 Å². The number of hydrogen-bond donors (Lipinski definition) is 2. The fourth-order valence-corrected chi connectivity index (χ4v) is 1.84. The number of ether oxygens (including phenoxy) is 2. The normalized spacial score (nSPS) is 54.3. The molecule has 0 unspecified atom stereocenters. The van der Waals surface area contributed by atoms with E-state index in [2.05, 4.69) is 0 Å². The third kappa shape index (κ3) is 0.906. The van der Waals surface area contributed by atoms with Gasteiger partial charge in [-0.2, -0.15) is 0 Å². The maximum atomic E-state index is 9.44. The monoisotopic (exact) mass is 160 g/mol. The lowest BCUT2D eigenvalue weighted by molar-refractivity contribution is -0.161. The van der Waals surface area contributed by atoms with Crippen LogP contribution in [0.25, 0.3) is 0 Å². The van der Waals surface area contributed by atoms with Crippen molar-refractivity contribution >= 4 is 0 Å². The van der Waals surface area contributed by atoms with Gasteiger partial charge in [0.2, 0.25) is 0 Å². The third-order valence-corrected chi connectivity index (χ3v) is 2.56. The van der Waals surface area contributed by atoms with E-state index in [1.807, 2.05) is 0 Å². The summed E-state index contributed by atoms with van der Waals surface area (Å²) in [6, 6.07) is 0. The summed E-state index contributed by atoms with van der Waals surface area (Å²) in [5, 5.41) is 18.2. The van der Waals surface area contributed by atoms with Crippen LogP contribution in [0.2, 0.25) is 0 Å². The standard InChI is InChI=1S/C7H12O4/c1-10-7-5(9)4-3(2-8)6(4)11-7/h3-9H,2H2,1H3/t3-,4+,5-,6+,7+/m0/s1. The highest BCUT2D eigenvalue weighted by Gasteiger charge is 2.63. The van der Waals surface area contributed by atoms with E-state index < -0.39 is 12.4 Å². The average molecular weight is 160 g/mol. The predicted molar refractivity (Wildman–Crippen MR) is 35.7 cm³/mol. The second-order valence-electron chi connectivity index (χ2n) is 3.12. The number of rotatable bonds is 2. The van der Waals surface area contributed by atoms with Gasteiger partial charge in [-0.05, 0) is 0 Å². The number of hydrogen-bond acceptors (Lipinski definition) is 4. The third-order valence-electron chi connectivity index (χ3n) is 2.56. The molecule has 0 spiro atoms. The molecule has 4 nitrogen and oxygen atoms in total. The quantitative estimate of drug-likeness (QED) is 0.541. The van der Waals surface area contributed by atoms with Gasteiger partial charge in [-0.1, -0.05) is 0 Å². The Kier molecular flexibility index (Phi) is 1.64. The van der Waals surface area contributed by atoms with Gasteiger partial charge in [-0.15, -0.1) is 0 Å². The van der Waals surface area contributed by atoms with Crippen molar-refractivity contribution in [3.8, 4) is 0 Å². The first-order chi connectivity index (χ1) is 5.29. The van der Waals surface area contributed by atoms with E-state index in [9.17, 15) is 5.11 Å². The van der Waals surface area contributed by atoms with Crippen molar-refractivity contribution in [2.75, 3.05) is 13.7 Å². The van der Waals surface area contributed by atoms with E-state index in [0.717, 1.165) is 0 Å². The van der Waals surface area contributed by atoms with Gasteiger partial charge in [0.05, 0.1) is 6.10 Å². The molecule has 0 aromatic rings. The van der Waals surface area contributed by atoms with E-state index >= 15 is 0 Å². The van der Waals surface area contributed by atoms with Gasteiger partial charge in [0.15, 0.2) is 6.29 Å². The minimum atomic E-state index is -0.554. The summed E-state index contributed by atoms with van der Waals surface area (Å²) in [5.74, 6) is 0.237. The Hall–Kier alpha value is -0.160. The van der Waals surface area contributed by atoms with Gasteiger partial charge in [0, 0.05) is 25.6 Å². The van der Waals surface area contributed by atoms with Crippen LogP contribution >= 0.6 is 0 Å². The minimum Gasteiger partial charge on any atom is -0.396 e. The van der Waals surface area contributed by atoms with Gasteiger partial charge < -0.3 is 19.7 Å². The van der Waals surface area contributed by atoms with Crippen LogP contribution in [0.15, 0.2) is 0 Å². The highest BCUT2D eigenvalue weighted by Crippen LogP contribution is 2.51. The molecule has 0 aromatic carbocycles. The summed E-state index contributed by atoms with van der Waals surface area (Å²) in [6.45, 7) is 0.100. The molecule has 0 amide bonds. The molecule has 0 aromatic heterocycles. The van der Waals surface area contributed by atoms with Gasteiger partial charge in [0.1, 0.15) is 6.10 Å². The highest BCUT2D eigenvalue weighted by atomic mass is 16.7. The first kappa shape index (κ1) is 7.49. The first-order valence-electron chi connectivity index (χ1n) is 3.76. The van der Waals surface area contributed by atoms with Crippen molar-refractivity contribution in [1.29, 1.82) is 0 Å². The van der Waals surface area contributed by atoms with E-state index in [0.29, 0.717) is 0 Å². The molecule has 1 saturated heterocycles. The lowest BCUT2D eigenvalue weighted by Crippen LogP contribution is -2.29. The Morgan fingerprint density at radius 1 is 1.55 bits per heavy atom. The molecule has 1 aliphatic heterocycles. The number of fused-ring (bicyclic) bond motifs is 1. The molecule has 0 radical (unpaired) electrons. The summed E-state index contributed by atoms with van der Waals surface area (Å²) in [4.78, 5) is 0. The van der Waals surface area contributed by atoms with E-state index in [4.69, 9.17) is 14.6 Å². The predicted octanol–water partition coefficient (Wildman–Crippen LogP) is -1.04. The Morgan fingerprint density at radius 3 is 2.64 bits per heavy atom. The van der Waals surface area contributed by atoms with Gasteiger partial charge in [-0.3, -0.25) is 0 Å². The van der Waals surface area contributed by atoms with Crippen LogP contribution in [-0.2, 0) is 9.47 Å². The Labute approximate surface area is 64.7 Å². The summed E-state index contributed by atoms with van der Waals surface area (Å²) in [5.41, 5.74) is 0. The van der Waals surface area contributed by atoms with Crippen molar-refractivity contribution in [1.82, 2.24) is 0 Å². The SMILES string of the molecule is CO[C@@H]1O[C@@H]2[C@@H](CO)[C@@H]2[C@@H]1O. The topological polar surface area (TPSA) is 58.9 Å². The molecule has 11 heavy (non-hydrogen) atoms. The molecule has 1 heterocycles.